The van der Waals surface area contributed by atoms with E-state index in [0.29, 0.717) is 0 Å². The maximum Gasteiger partial charge on any atom is 0.321 e. The van der Waals surface area contributed by atoms with E-state index >= 15 is 0 Å². The second-order valence-corrected chi connectivity index (χ2v) is 16.5. The van der Waals surface area contributed by atoms with Crippen LogP contribution in [0.25, 0.3) is 0 Å². The summed E-state index contributed by atoms with van der Waals surface area (Å²) >= 11 is 0. The fourth-order valence-electron chi connectivity index (χ4n) is 5.14. The van der Waals surface area contributed by atoms with Crippen LogP contribution < -0.4 is 0 Å². The molecule has 0 heterocycles. The van der Waals surface area contributed by atoms with Gasteiger partial charge in [-0.3, -0.25) is 0 Å². The van der Waals surface area contributed by atoms with Crippen LogP contribution in [-0.4, -0.2) is 48.4 Å². The van der Waals surface area contributed by atoms with Crippen LogP contribution in [0.15, 0.2) is 0 Å². The van der Waals surface area contributed by atoms with Crippen molar-refractivity contribution in [2.75, 3.05) is 26.3 Å². The van der Waals surface area contributed by atoms with E-state index in [1.54, 1.807) is 0 Å². The molecule has 0 aromatic rings. The van der Waals surface area contributed by atoms with E-state index in [9.17, 15) is 0 Å². The highest BCUT2D eigenvalue weighted by Gasteiger charge is 2.47. The zero-order chi connectivity index (χ0) is 20.2. The summed E-state index contributed by atoms with van der Waals surface area (Å²) in [5, 5.41) is 0. The highest BCUT2D eigenvalue weighted by atomic mass is 28.3. The molecule has 0 fully saturated rings. The molecular weight excluding hydrogens is 354 g/mol. The average molecular weight is 404 g/mol. The van der Waals surface area contributed by atoms with Crippen LogP contribution in [0.4, 0.5) is 0 Å². The fraction of sp³-hybridized carbons (Fsp3) is 1.00. The molecule has 0 unspecified atom stereocenters. The molecule has 0 aliphatic rings. The van der Waals surface area contributed by atoms with Gasteiger partial charge in [0.25, 0.3) is 0 Å². The largest absolute Gasteiger partial charge is 0.397 e. The third kappa shape index (κ3) is 7.74. The molecular formula is C21H49NO2Si2. The zero-order valence-corrected chi connectivity index (χ0v) is 21.6. The third-order valence-corrected chi connectivity index (χ3v) is 15.3. The summed E-state index contributed by atoms with van der Waals surface area (Å²) in [5.41, 5.74) is 2.40. The molecule has 5 heteroatoms. The zero-order valence-electron chi connectivity index (χ0n) is 19.4. The van der Waals surface area contributed by atoms with Gasteiger partial charge in [0, 0.05) is 13.2 Å². The topological polar surface area (TPSA) is 21.7 Å². The van der Waals surface area contributed by atoms with Crippen molar-refractivity contribution in [2.45, 2.75) is 111 Å². The van der Waals surface area contributed by atoms with Gasteiger partial charge in [-0.25, -0.2) is 0 Å². The molecule has 0 saturated heterocycles. The minimum absolute atomic E-state index is 0.795. The van der Waals surface area contributed by atoms with Crippen LogP contribution in [0.2, 0.25) is 22.7 Å². The third-order valence-electron chi connectivity index (χ3n) is 5.93. The van der Waals surface area contributed by atoms with Crippen LogP contribution in [-0.2, 0) is 8.85 Å². The Bertz CT molecular complexity index is 310. The van der Waals surface area contributed by atoms with Crippen molar-refractivity contribution in [1.29, 1.82) is 0 Å². The Hall–Kier alpha value is 0.314. The maximum absolute atomic E-state index is 5.85. The molecule has 26 heavy (non-hydrogen) atoms. The summed E-state index contributed by atoms with van der Waals surface area (Å²) in [6.45, 7) is 25.5. The first kappa shape index (κ1) is 26.3. The summed E-state index contributed by atoms with van der Waals surface area (Å²) in [7, 11) is -2.95. The van der Waals surface area contributed by atoms with Gasteiger partial charge in [0.1, 0.15) is 8.24 Å². The van der Waals surface area contributed by atoms with E-state index < -0.39 is 17.5 Å². The van der Waals surface area contributed by atoms with Gasteiger partial charge in [0.2, 0.25) is 0 Å². The molecule has 0 amide bonds. The SMILES string of the molecule is CCCCN(CCCC[SiH](OCC)OCC)[Si](C(C)C)(C(C)C)C(C)C. The van der Waals surface area contributed by atoms with Crippen molar-refractivity contribution in [3.05, 3.63) is 0 Å². The highest BCUT2D eigenvalue weighted by Crippen LogP contribution is 2.44. The Kier molecular flexibility index (Phi) is 14.5. The van der Waals surface area contributed by atoms with Crippen molar-refractivity contribution in [3.8, 4) is 0 Å². The van der Waals surface area contributed by atoms with Crippen molar-refractivity contribution in [2.24, 2.45) is 0 Å². The second kappa shape index (κ2) is 14.3. The van der Waals surface area contributed by atoms with Crippen molar-refractivity contribution < 1.29 is 8.85 Å². The minimum Gasteiger partial charge on any atom is -0.397 e. The number of rotatable bonds is 16. The molecule has 0 atom stereocenters. The normalized spacial score (nSPS) is 13.2. The Morgan fingerprint density at radius 2 is 1.19 bits per heavy atom. The first-order valence-electron chi connectivity index (χ1n) is 11.3. The van der Waals surface area contributed by atoms with Gasteiger partial charge in [0.05, 0.1) is 0 Å². The number of hydrogen-bond donors (Lipinski definition) is 0. The van der Waals surface area contributed by atoms with E-state index in [1.165, 1.54) is 38.8 Å². The predicted octanol–water partition coefficient (Wildman–Crippen LogP) is 6.34. The molecule has 0 aliphatic heterocycles. The Morgan fingerprint density at radius 3 is 1.58 bits per heavy atom. The standard InChI is InChI=1S/C21H49NO2Si2/c1-10-13-16-22(26(19(4)5,20(6)7)21(8)9)17-14-15-18-25(23-11-2)24-12-3/h19-21,25H,10-18H2,1-9H3. The first-order valence-corrected chi connectivity index (χ1v) is 15.2. The van der Waals surface area contributed by atoms with Gasteiger partial charge in [-0.05, 0) is 62.4 Å². The Balaban J connectivity index is 5.01. The van der Waals surface area contributed by atoms with Gasteiger partial charge < -0.3 is 13.4 Å². The van der Waals surface area contributed by atoms with Gasteiger partial charge in [-0.1, -0.05) is 61.3 Å². The van der Waals surface area contributed by atoms with Gasteiger partial charge >= 0.3 is 9.28 Å². The van der Waals surface area contributed by atoms with E-state index in [1.807, 2.05) is 0 Å². The molecule has 0 bridgehead atoms. The highest BCUT2D eigenvalue weighted by molar-refractivity contribution is 6.80. The predicted molar refractivity (Wildman–Crippen MR) is 122 cm³/mol. The van der Waals surface area contributed by atoms with Crippen LogP contribution in [0, 0.1) is 0 Å². The molecule has 0 aliphatic carbocycles. The minimum atomic E-state index is -1.52. The summed E-state index contributed by atoms with van der Waals surface area (Å²) in [6.07, 6.45) is 5.15. The summed E-state index contributed by atoms with van der Waals surface area (Å²) in [4.78, 5) is 0. The van der Waals surface area contributed by atoms with E-state index in [2.05, 4.69) is 66.9 Å². The van der Waals surface area contributed by atoms with Crippen LogP contribution in [0.5, 0.6) is 0 Å². The van der Waals surface area contributed by atoms with E-state index in [0.717, 1.165) is 35.9 Å². The molecule has 0 spiro atoms. The smallest absolute Gasteiger partial charge is 0.321 e. The lowest BCUT2D eigenvalue weighted by Gasteiger charge is -2.51. The molecule has 0 aromatic carbocycles. The maximum atomic E-state index is 5.85. The van der Waals surface area contributed by atoms with Crippen LogP contribution in [0.3, 0.4) is 0 Å². The van der Waals surface area contributed by atoms with E-state index in [-0.39, 0.29) is 0 Å². The van der Waals surface area contributed by atoms with Gasteiger partial charge in [0.15, 0.2) is 0 Å². The van der Waals surface area contributed by atoms with Gasteiger partial charge in [-0.15, -0.1) is 0 Å². The van der Waals surface area contributed by atoms with Crippen molar-refractivity contribution >= 4 is 17.5 Å². The molecule has 0 N–H and O–H groups in total. The summed E-state index contributed by atoms with van der Waals surface area (Å²) < 4.78 is 14.7. The Labute approximate surface area is 168 Å². The van der Waals surface area contributed by atoms with Crippen LogP contribution in [0.1, 0.15) is 88.0 Å². The molecule has 3 nitrogen and oxygen atoms in total. The number of nitrogens with zero attached hydrogens (tertiary/aromatic N) is 1. The molecule has 0 aromatic heterocycles. The van der Waals surface area contributed by atoms with Crippen molar-refractivity contribution in [3.63, 3.8) is 0 Å². The summed E-state index contributed by atoms with van der Waals surface area (Å²) in [6, 6.07) is 1.16. The first-order chi connectivity index (χ1) is 12.3. The lowest BCUT2D eigenvalue weighted by atomic mass is 10.3. The van der Waals surface area contributed by atoms with Crippen LogP contribution >= 0.6 is 0 Å². The van der Waals surface area contributed by atoms with E-state index in [4.69, 9.17) is 8.85 Å². The average Bonchev–Trinajstić information content (AvgIpc) is 2.55. The van der Waals surface area contributed by atoms with Crippen molar-refractivity contribution in [1.82, 2.24) is 4.57 Å². The molecule has 0 radical (unpaired) electrons. The molecule has 0 saturated carbocycles. The van der Waals surface area contributed by atoms with Gasteiger partial charge in [-0.2, -0.15) is 0 Å². The summed E-state index contributed by atoms with van der Waals surface area (Å²) in [5.74, 6) is 0. The molecule has 158 valence electrons. The lowest BCUT2D eigenvalue weighted by Crippen LogP contribution is -2.60. The quantitative estimate of drug-likeness (QED) is 0.222. The number of hydrogen-bond acceptors (Lipinski definition) is 3. The fourth-order valence-corrected chi connectivity index (χ4v) is 14.2. The second-order valence-electron chi connectivity index (χ2n) is 8.53. The lowest BCUT2D eigenvalue weighted by molar-refractivity contribution is 0.212. The monoisotopic (exact) mass is 403 g/mol. The molecule has 0 rings (SSSR count). The number of unbranched alkanes of at least 4 members (excludes halogenated alkanes) is 2. The Morgan fingerprint density at radius 1 is 0.731 bits per heavy atom.